The summed E-state index contributed by atoms with van der Waals surface area (Å²) in [4.78, 5) is 6.62. The molecule has 2 heterocycles. The summed E-state index contributed by atoms with van der Waals surface area (Å²) in [6.45, 7) is 2.74. The zero-order valence-electron chi connectivity index (χ0n) is 14.0. The molecule has 4 nitrogen and oxygen atoms in total. The highest BCUT2D eigenvalue weighted by Gasteiger charge is 2.28. The van der Waals surface area contributed by atoms with Crippen molar-refractivity contribution < 1.29 is 9.50 Å². The quantitative estimate of drug-likeness (QED) is 0.917. The summed E-state index contributed by atoms with van der Waals surface area (Å²) >= 11 is 0. The first kappa shape index (κ1) is 16.9. The maximum Gasteiger partial charge on any atom is 0.137 e. The van der Waals surface area contributed by atoms with Crippen molar-refractivity contribution in [2.45, 2.75) is 18.9 Å². The van der Waals surface area contributed by atoms with E-state index in [9.17, 15) is 9.50 Å². The largest absolute Gasteiger partial charge is 0.385 e. The van der Waals surface area contributed by atoms with Crippen LogP contribution >= 0.6 is 0 Å². The summed E-state index contributed by atoms with van der Waals surface area (Å²) in [6, 6.07) is 6.49. The smallest absolute Gasteiger partial charge is 0.137 e. The second-order valence-electron chi connectivity index (χ2n) is 6.46. The molecule has 1 aliphatic rings. The Morgan fingerprint density at radius 2 is 2.17 bits per heavy atom. The molecule has 0 bridgehead atoms. The second kappa shape index (κ2) is 7.73. The van der Waals surface area contributed by atoms with Gasteiger partial charge >= 0.3 is 0 Å². The topological polar surface area (TPSA) is 41.3 Å². The minimum Gasteiger partial charge on any atom is -0.385 e. The molecule has 5 heteroatoms. The molecule has 2 atom stereocenters. The number of nitrogens with zero attached hydrogens (tertiary/aromatic N) is 3. The molecule has 0 aliphatic carbocycles. The maximum atomic E-state index is 12.9. The normalized spacial score (nSPS) is 20.5. The lowest BCUT2D eigenvalue weighted by Crippen LogP contribution is -2.38. The fraction of sp³-hybridized carbons (Fsp3) is 0.421. The Kier molecular flexibility index (Phi) is 5.43. The zero-order chi connectivity index (χ0) is 16.9. The maximum absolute atomic E-state index is 12.9. The van der Waals surface area contributed by atoms with Gasteiger partial charge in [0, 0.05) is 38.4 Å². The number of aromatic nitrogens is 2. The van der Waals surface area contributed by atoms with E-state index in [1.165, 1.54) is 12.1 Å². The van der Waals surface area contributed by atoms with Gasteiger partial charge in [0.15, 0.2) is 0 Å². The average molecular weight is 329 g/mol. The van der Waals surface area contributed by atoms with Crippen LogP contribution in [0.3, 0.4) is 0 Å². The molecule has 0 radical (unpaired) electrons. The first-order valence-corrected chi connectivity index (χ1v) is 8.43. The number of aliphatic hydroxyl groups is 1. The molecule has 0 spiro atoms. The van der Waals surface area contributed by atoms with E-state index < -0.39 is 6.10 Å². The summed E-state index contributed by atoms with van der Waals surface area (Å²) in [6.07, 6.45) is 9.28. The van der Waals surface area contributed by atoms with Gasteiger partial charge in [0.1, 0.15) is 17.7 Å². The third-order valence-electron chi connectivity index (χ3n) is 4.66. The lowest BCUT2D eigenvalue weighted by atomic mass is 9.92. The molecule has 1 aromatic carbocycles. The van der Waals surface area contributed by atoms with Crippen LogP contribution in [0.5, 0.6) is 0 Å². The van der Waals surface area contributed by atoms with Crippen LogP contribution in [0.4, 0.5) is 4.39 Å². The molecular weight excluding hydrogens is 305 g/mol. The Hall–Kier alpha value is -1.98. The first-order chi connectivity index (χ1) is 11.6. The summed E-state index contributed by atoms with van der Waals surface area (Å²) in [5, 5.41) is 10.6. The van der Waals surface area contributed by atoms with Gasteiger partial charge in [0.2, 0.25) is 0 Å². The molecule has 1 fully saturated rings. The van der Waals surface area contributed by atoms with Crippen molar-refractivity contribution in [3.8, 4) is 0 Å². The standard InChI is InChI=1S/C19H24FN3O/c1-22-13-10-21-19(22)18(24)16-5-3-12-23(14-16)11-2-4-15-6-8-17(20)9-7-15/h2,4,6-10,13,16,18,24H,3,5,11-12,14H2,1H3/b4-2+. The molecule has 1 aromatic heterocycles. The number of imidazole rings is 1. The van der Waals surface area contributed by atoms with Gasteiger partial charge in [-0.1, -0.05) is 24.3 Å². The zero-order valence-corrected chi connectivity index (χ0v) is 14.0. The lowest BCUT2D eigenvalue weighted by Gasteiger charge is -2.34. The van der Waals surface area contributed by atoms with Crippen LogP contribution in [0.2, 0.25) is 0 Å². The van der Waals surface area contributed by atoms with Crippen molar-refractivity contribution >= 4 is 6.08 Å². The minimum absolute atomic E-state index is 0.207. The number of hydrogen-bond donors (Lipinski definition) is 1. The van der Waals surface area contributed by atoms with Crippen molar-refractivity contribution in [3.63, 3.8) is 0 Å². The number of likely N-dealkylation sites (tertiary alicyclic amines) is 1. The number of rotatable bonds is 5. The molecule has 24 heavy (non-hydrogen) atoms. The van der Waals surface area contributed by atoms with Gasteiger partial charge in [-0.3, -0.25) is 4.90 Å². The molecule has 0 amide bonds. The van der Waals surface area contributed by atoms with Crippen molar-refractivity contribution in [3.05, 3.63) is 59.9 Å². The highest BCUT2D eigenvalue weighted by Crippen LogP contribution is 2.28. The van der Waals surface area contributed by atoms with E-state index in [0.29, 0.717) is 0 Å². The Morgan fingerprint density at radius 3 is 2.88 bits per heavy atom. The van der Waals surface area contributed by atoms with E-state index in [-0.39, 0.29) is 11.7 Å². The van der Waals surface area contributed by atoms with Crippen molar-refractivity contribution in [2.24, 2.45) is 13.0 Å². The van der Waals surface area contributed by atoms with Crippen molar-refractivity contribution in [1.29, 1.82) is 0 Å². The molecule has 0 saturated carbocycles. The Balaban J connectivity index is 1.55. The van der Waals surface area contributed by atoms with Gasteiger partial charge in [-0.2, -0.15) is 0 Å². The first-order valence-electron chi connectivity index (χ1n) is 8.43. The van der Waals surface area contributed by atoms with Gasteiger partial charge in [0.25, 0.3) is 0 Å². The SMILES string of the molecule is Cn1ccnc1C(O)C1CCCN(C/C=C/c2ccc(F)cc2)C1. The monoisotopic (exact) mass is 329 g/mol. The van der Waals surface area contributed by atoms with Crippen LogP contribution in [0.25, 0.3) is 6.08 Å². The van der Waals surface area contributed by atoms with E-state index in [2.05, 4.69) is 16.0 Å². The number of hydrogen-bond acceptors (Lipinski definition) is 3. The molecule has 2 aromatic rings. The summed E-state index contributed by atoms with van der Waals surface area (Å²) in [5.41, 5.74) is 0.998. The molecule has 1 N–H and O–H groups in total. The average Bonchev–Trinajstić information content (AvgIpc) is 3.02. The molecular formula is C19H24FN3O. The van der Waals surface area contributed by atoms with Crippen LogP contribution in [0.15, 0.2) is 42.7 Å². The van der Waals surface area contributed by atoms with Gasteiger partial charge < -0.3 is 9.67 Å². The lowest BCUT2D eigenvalue weighted by molar-refractivity contribution is 0.0468. The fourth-order valence-corrected chi connectivity index (χ4v) is 3.30. The number of aryl methyl sites for hydroxylation is 1. The van der Waals surface area contributed by atoms with E-state index in [1.54, 1.807) is 18.3 Å². The van der Waals surface area contributed by atoms with Crippen LogP contribution < -0.4 is 0 Å². The number of aliphatic hydroxyl groups excluding tert-OH is 1. The van der Waals surface area contributed by atoms with Crippen LogP contribution in [-0.4, -0.2) is 39.2 Å². The summed E-state index contributed by atoms with van der Waals surface area (Å²) in [5.74, 6) is 0.733. The minimum atomic E-state index is -0.520. The second-order valence-corrected chi connectivity index (χ2v) is 6.46. The van der Waals surface area contributed by atoms with Crippen LogP contribution in [0, 0.1) is 11.7 Å². The predicted octanol–water partition coefficient (Wildman–Crippen LogP) is 3.02. The van der Waals surface area contributed by atoms with Crippen molar-refractivity contribution in [2.75, 3.05) is 19.6 Å². The highest BCUT2D eigenvalue weighted by molar-refractivity contribution is 5.48. The molecule has 128 valence electrons. The Morgan fingerprint density at radius 1 is 1.38 bits per heavy atom. The van der Waals surface area contributed by atoms with E-state index in [4.69, 9.17) is 0 Å². The summed E-state index contributed by atoms with van der Waals surface area (Å²) in [7, 11) is 1.91. The molecule has 2 unspecified atom stereocenters. The Bertz CT molecular complexity index is 680. The van der Waals surface area contributed by atoms with Crippen LogP contribution in [0.1, 0.15) is 30.3 Å². The highest BCUT2D eigenvalue weighted by atomic mass is 19.1. The number of benzene rings is 1. The third-order valence-corrected chi connectivity index (χ3v) is 4.66. The third kappa shape index (κ3) is 4.10. The van der Waals surface area contributed by atoms with Gasteiger partial charge in [-0.25, -0.2) is 9.37 Å². The predicted molar refractivity (Wildman–Crippen MR) is 92.8 cm³/mol. The van der Waals surface area contributed by atoms with Gasteiger partial charge in [-0.05, 0) is 37.1 Å². The van der Waals surface area contributed by atoms with Crippen molar-refractivity contribution in [1.82, 2.24) is 14.5 Å². The van der Waals surface area contributed by atoms with Gasteiger partial charge in [-0.15, -0.1) is 0 Å². The van der Waals surface area contributed by atoms with Gasteiger partial charge in [0.05, 0.1) is 0 Å². The van der Waals surface area contributed by atoms with E-state index in [0.717, 1.165) is 43.9 Å². The molecule has 1 aliphatic heterocycles. The fourth-order valence-electron chi connectivity index (χ4n) is 3.30. The summed E-state index contributed by atoms with van der Waals surface area (Å²) < 4.78 is 14.8. The van der Waals surface area contributed by atoms with Crippen LogP contribution in [-0.2, 0) is 7.05 Å². The molecule has 3 rings (SSSR count). The number of halogens is 1. The molecule has 1 saturated heterocycles. The Labute approximate surface area is 142 Å². The van der Waals surface area contributed by atoms with E-state index >= 15 is 0 Å². The van der Waals surface area contributed by atoms with E-state index in [1.807, 2.05) is 23.9 Å². The number of piperidine rings is 1.